The molecule has 1 aromatic carbocycles. The minimum atomic E-state index is -1.53. The minimum absolute atomic E-state index is 0.0499. The van der Waals surface area contributed by atoms with Crippen LogP contribution in [0.1, 0.15) is 42.6 Å². The number of carbonyl (C=O) groups excluding carboxylic acids is 1. The summed E-state index contributed by atoms with van der Waals surface area (Å²) in [5.74, 6) is -0.539. The lowest BCUT2D eigenvalue weighted by Gasteiger charge is -2.21. The van der Waals surface area contributed by atoms with E-state index in [-0.39, 0.29) is 11.8 Å². The smallest absolute Gasteiger partial charge is 0.361 e. The molecule has 1 fully saturated rings. The van der Waals surface area contributed by atoms with Gasteiger partial charge in [0.05, 0.1) is 10.8 Å². The second-order valence-electron chi connectivity index (χ2n) is 5.30. The Hall–Kier alpha value is -1.31. The van der Waals surface area contributed by atoms with Crippen LogP contribution in [0.2, 0.25) is 5.02 Å². The Morgan fingerprint density at radius 3 is 2.61 bits per heavy atom. The third-order valence-corrected chi connectivity index (χ3v) is 6.36. The zero-order valence-corrected chi connectivity index (χ0v) is 14.6. The molecule has 0 aliphatic heterocycles. The molecule has 1 atom stereocenters. The molecule has 23 heavy (non-hydrogen) atoms. The van der Waals surface area contributed by atoms with E-state index in [1.54, 1.807) is 24.3 Å². The summed E-state index contributed by atoms with van der Waals surface area (Å²) in [5, 5.41) is 4.38. The van der Waals surface area contributed by atoms with Crippen molar-refractivity contribution in [3.63, 3.8) is 0 Å². The van der Waals surface area contributed by atoms with E-state index in [2.05, 4.69) is 9.59 Å². The molecule has 1 aromatic heterocycles. The molecule has 0 radical (unpaired) electrons. The van der Waals surface area contributed by atoms with Crippen LogP contribution in [0.4, 0.5) is 0 Å². The molecule has 0 N–H and O–H groups in total. The van der Waals surface area contributed by atoms with Crippen molar-refractivity contribution in [1.82, 2.24) is 9.59 Å². The molecule has 1 saturated carbocycles. The first-order chi connectivity index (χ1) is 11.1. The Morgan fingerprint density at radius 2 is 1.91 bits per heavy atom. The summed E-state index contributed by atoms with van der Waals surface area (Å²) in [6.45, 7) is 0. The van der Waals surface area contributed by atoms with Crippen LogP contribution in [0, 0.1) is 0 Å². The summed E-state index contributed by atoms with van der Waals surface area (Å²) in [6.07, 6.45) is 4.98. The fraction of sp³-hybridized carbons (Fsp3) is 0.400. The average molecular weight is 371 g/mol. The number of rotatable bonds is 4. The zero-order valence-electron chi connectivity index (χ0n) is 12.2. The highest BCUT2D eigenvalue weighted by molar-refractivity contribution is 7.87. The van der Waals surface area contributed by atoms with E-state index in [1.807, 2.05) is 0 Å². The molecule has 1 aliphatic rings. The number of ether oxygens (including phenoxy) is 1. The Kier molecular flexibility index (Phi) is 5.40. The predicted molar refractivity (Wildman–Crippen MR) is 88.3 cm³/mol. The molecule has 122 valence electrons. The van der Waals surface area contributed by atoms with Gasteiger partial charge in [-0.2, -0.15) is 0 Å². The fourth-order valence-corrected chi connectivity index (χ4v) is 4.57. The number of benzene rings is 1. The highest BCUT2D eigenvalue weighted by atomic mass is 35.5. The van der Waals surface area contributed by atoms with E-state index in [1.165, 1.54) is 6.42 Å². The van der Waals surface area contributed by atoms with Crippen LogP contribution >= 0.6 is 23.1 Å². The lowest BCUT2D eigenvalue weighted by atomic mass is 9.98. The second-order valence-corrected chi connectivity index (χ2v) is 8.16. The van der Waals surface area contributed by atoms with Gasteiger partial charge in [0, 0.05) is 9.92 Å². The molecule has 0 bridgehead atoms. The Balaban J connectivity index is 1.77. The minimum Gasteiger partial charge on any atom is -0.458 e. The van der Waals surface area contributed by atoms with Gasteiger partial charge < -0.3 is 4.74 Å². The maximum Gasteiger partial charge on any atom is 0.361 e. The third-order valence-electron chi connectivity index (χ3n) is 3.67. The number of hydrogen-bond acceptors (Lipinski definition) is 6. The normalized spacial score (nSPS) is 16.9. The maximum absolute atomic E-state index is 12.6. The summed E-state index contributed by atoms with van der Waals surface area (Å²) in [4.78, 5) is 12.9. The molecule has 0 spiro atoms. The Bertz CT molecular complexity index is 712. The quantitative estimate of drug-likeness (QED) is 0.764. The summed E-state index contributed by atoms with van der Waals surface area (Å²) in [6, 6.07) is 6.63. The molecule has 8 heteroatoms. The van der Waals surface area contributed by atoms with E-state index in [4.69, 9.17) is 16.3 Å². The van der Waals surface area contributed by atoms with E-state index in [9.17, 15) is 9.00 Å². The third kappa shape index (κ3) is 3.97. The summed E-state index contributed by atoms with van der Waals surface area (Å²) in [5.41, 5.74) is 0.0499. The molecule has 5 nitrogen and oxygen atoms in total. The predicted octanol–water partition coefficient (Wildman–Crippen LogP) is 3.85. The topological polar surface area (TPSA) is 69.2 Å². The lowest BCUT2D eigenvalue weighted by Crippen LogP contribution is -2.21. The number of halogens is 1. The lowest BCUT2D eigenvalue weighted by molar-refractivity contribution is 0.0200. The van der Waals surface area contributed by atoms with Crippen LogP contribution in [0.3, 0.4) is 0 Å². The molecular formula is C15H15ClN2O3S2. The van der Waals surface area contributed by atoms with Crippen molar-refractivity contribution < 1.29 is 13.7 Å². The average Bonchev–Trinajstić information content (AvgIpc) is 3.05. The van der Waals surface area contributed by atoms with E-state index in [0.29, 0.717) is 14.1 Å². The van der Waals surface area contributed by atoms with Crippen molar-refractivity contribution in [3.05, 3.63) is 35.0 Å². The number of esters is 1. The van der Waals surface area contributed by atoms with Gasteiger partial charge in [-0.25, -0.2) is 9.00 Å². The maximum atomic E-state index is 12.6. The molecule has 0 amide bonds. The van der Waals surface area contributed by atoms with Gasteiger partial charge in [0.15, 0.2) is 9.90 Å². The molecular weight excluding hydrogens is 356 g/mol. The fourth-order valence-electron chi connectivity index (χ4n) is 2.48. The van der Waals surface area contributed by atoms with Crippen LogP contribution < -0.4 is 0 Å². The van der Waals surface area contributed by atoms with Crippen LogP contribution in [0.15, 0.2) is 33.4 Å². The number of nitrogens with zero attached hydrogens (tertiary/aromatic N) is 2. The zero-order chi connectivity index (χ0) is 16.2. The van der Waals surface area contributed by atoms with E-state index in [0.717, 1.165) is 37.2 Å². The van der Waals surface area contributed by atoms with Crippen LogP contribution in [-0.4, -0.2) is 25.9 Å². The number of hydrogen-bond donors (Lipinski definition) is 0. The van der Waals surface area contributed by atoms with Crippen molar-refractivity contribution in [2.75, 3.05) is 0 Å². The first-order valence-electron chi connectivity index (χ1n) is 7.36. The second kappa shape index (κ2) is 7.51. The van der Waals surface area contributed by atoms with Gasteiger partial charge in [0.1, 0.15) is 6.10 Å². The van der Waals surface area contributed by atoms with Crippen molar-refractivity contribution >= 4 is 39.9 Å². The van der Waals surface area contributed by atoms with Gasteiger partial charge in [-0.3, -0.25) is 0 Å². The first kappa shape index (κ1) is 16.5. The van der Waals surface area contributed by atoms with Crippen molar-refractivity contribution in [3.8, 4) is 0 Å². The number of carbonyl (C=O) groups is 1. The summed E-state index contributed by atoms with van der Waals surface area (Å²) < 4.78 is 22.2. The molecule has 1 unspecified atom stereocenters. The molecule has 1 heterocycles. The standard InChI is InChI=1S/C15H15ClN2O3S2/c16-10-6-8-12(9-7-10)23(20)15-13(17-18-22-15)14(19)21-11-4-2-1-3-5-11/h6-9,11H,1-5H2. The largest absolute Gasteiger partial charge is 0.458 e. The summed E-state index contributed by atoms with van der Waals surface area (Å²) >= 11 is 6.79. The highest BCUT2D eigenvalue weighted by Crippen LogP contribution is 2.26. The van der Waals surface area contributed by atoms with Gasteiger partial charge in [-0.1, -0.05) is 22.5 Å². The van der Waals surface area contributed by atoms with Gasteiger partial charge in [0.25, 0.3) is 0 Å². The van der Waals surface area contributed by atoms with Gasteiger partial charge in [0.2, 0.25) is 0 Å². The molecule has 2 aromatic rings. The molecule has 1 aliphatic carbocycles. The number of aromatic nitrogens is 2. The van der Waals surface area contributed by atoms with E-state index >= 15 is 0 Å². The van der Waals surface area contributed by atoms with Crippen molar-refractivity contribution in [2.45, 2.75) is 47.3 Å². The van der Waals surface area contributed by atoms with E-state index < -0.39 is 16.8 Å². The Morgan fingerprint density at radius 1 is 1.22 bits per heavy atom. The molecule has 3 rings (SSSR count). The van der Waals surface area contributed by atoms with Gasteiger partial charge in [-0.05, 0) is 61.5 Å². The van der Waals surface area contributed by atoms with Crippen molar-refractivity contribution in [1.29, 1.82) is 0 Å². The van der Waals surface area contributed by atoms with Crippen LogP contribution in [0.25, 0.3) is 0 Å². The first-order valence-corrected chi connectivity index (χ1v) is 9.66. The van der Waals surface area contributed by atoms with Gasteiger partial charge >= 0.3 is 5.97 Å². The molecule has 0 saturated heterocycles. The SMILES string of the molecule is O=C(OC1CCCCC1)c1nnsc1S(=O)c1ccc(Cl)cc1. The van der Waals surface area contributed by atoms with Gasteiger partial charge in [-0.15, -0.1) is 5.10 Å². The van der Waals surface area contributed by atoms with Crippen LogP contribution in [0.5, 0.6) is 0 Å². The summed E-state index contributed by atoms with van der Waals surface area (Å²) in [7, 11) is -1.53. The highest BCUT2D eigenvalue weighted by Gasteiger charge is 2.26. The van der Waals surface area contributed by atoms with Crippen molar-refractivity contribution in [2.24, 2.45) is 0 Å². The monoisotopic (exact) mass is 370 g/mol. The Labute approximate surface area is 145 Å². The van der Waals surface area contributed by atoms with Crippen LogP contribution in [-0.2, 0) is 15.5 Å².